The molecule has 1 aromatic rings. The number of hydrogen-bond donors (Lipinski definition) is 2. The van der Waals surface area contributed by atoms with Crippen molar-refractivity contribution in [3.63, 3.8) is 0 Å². The molecule has 4 N–H and O–H groups in total. The molecule has 1 saturated heterocycles. The van der Waals surface area contributed by atoms with Crippen LogP contribution in [0.5, 0.6) is 0 Å². The smallest absolute Gasteiger partial charge is 0.243 e. The van der Waals surface area contributed by atoms with Crippen LogP contribution in [0.25, 0.3) is 0 Å². The molecule has 30 heavy (non-hydrogen) atoms. The number of benzene rings is 1. The third kappa shape index (κ3) is 3.80. The maximum atomic E-state index is 13.2. The van der Waals surface area contributed by atoms with Crippen molar-refractivity contribution in [1.29, 1.82) is 0 Å². The molecule has 1 aliphatic carbocycles. The minimum Gasteiger partial charge on any atom is -0.369 e. The Balaban J connectivity index is 1.63. The fourth-order valence-corrected chi connectivity index (χ4v) is 6.89. The van der Waals surface area contributed by atoms with E-state index in [-0.39, 0.29) is 5.96 Å². The zero-order chi connectivity index (χ0) is 21.5. The van der Waals surface area contributed by atoms with Gasteiger partial charge in [0.25, 0.3) is 0 Å². The van der Waals surface area contributed by atoms with Gasteiger partial charge >= 0.3 is 0 Å². The first kappa shape index (κ1) is 21.1. The maximum absolute atomic E-state index is 13.2. The molecule has 1 aromatic carbocycles. The van der Waals surface area contributed by atoms with E-state index in [0.29, 0.717) is 35.8 Å². The van der Waals surface area contributed by atoms with E-state index in [1.54, 1.807) is 28.6 Å². The highest BCUT2D eigenvalue weighted by Crippen LogP contribution is 2.39. The van der Waals surface area contributed by atoms with Gasteiger partial charge < -0.3 is 11.5 Å². The van der Waals surface area contributed by atoms with Gasteiger partial charge in [0, 0.05) is 18.8 Å². The van der Waals surface area contributed by atoms with E-state index in [4.69, 9.17) is 11.5 Å². The van der Waals surface area contributed by atoms with Crippen molar-refractivity contribution < 1.29 is 8.42 Å². The van der Waals surface area contributed by atoms with Gasteiger partial charge in [0.2, 0.25) is 21.9 Å². The van der Waals surface area contributed by atoms with Crippen molar-refractivity contribution >= 4 is 27.6 Å². The summed E-state index contributed by atoms with van der Waals surface area (Å²) >= 11 is 0. The van der Waals surface area contributed by atoms with Crippen LogP contribution in [0.3, 0.4) is 0 Å². The zero-order valence-electron chi connectivity index (χ0n) is 17.8. The Bertz CT molecular complexity index is 940. The van der Waals surface area contributed by atoms with Crippen LogP contribution in [0.15, 0.2) is 39.1 Å². The first-order valence-electron chi connectivity index (χ1n) is 10.8. The highest BCUT2D eigenvalue weighted by atomic mass is 32.2. The third-order valence-electron chi connectivity index (χ3n) is 6.42. The number of nitrogens with two attached hydrogens (primary N) is 2. The van der Waals surface area contributed by atoms with E-state index in [1.165, 1.54) is 0 Å². The molecule has 2 atom stereocenters. The van der Waals surface area contributed by atoms with Crippen molar-refractivity contribution in [2.45, 2.75) is 62.9 Å². The van der Waals surface area contributed by atoms with Gasteiger partial charge in [-0.3, -0.25) is 4.90 Å². The molecule has 0 aromatic heterocycles. The van der Waals surface area contributed by atoms with E-state index in [9.17, 15) is 8.42 Å². The molecule has 8 nitrogen and oxygen atoms in total. The van der Waals surface area contributed by atoms with Crippen LogP contribution in [0, 0.1) is 11.8 Å². The predicted molar refractivity (Wildman–Crippen MR) is 120 cm³/mol. The molecule has 1 saturated carbocycles. The molecule has 0 radical (unpaired) electrons. The minimum atomic E-state index is -3.53. The molecule has 2 aliphatic heterocycles. The van der Waals surface area contributed by atoms with Gasteiger partial charge in [-0.15, -0.1) is 0 Å². The van der Waals surface area contributed by atoms with Crippen molar-refractivity contribution in [2.24, 2.45) is 33.3 Å². The second-order valence-corrected chi connectivity index (χ2v) is 11.0. The van der Waals surface area contributed by atoms with Crippen LogP contribution in [0.2, 0.25) is 0 Å². The van der Waals surface area contributed by atoms with E-state index in [2.05, 4.69) is 23.8 Å². The summed E-state index contributed by atoms with van der Waals surface area (Å²) in [5.41, 5.74) is 12.4. The minimum absolute atomic E-state index is 0.207. The zero-order valence-corrected chi connectivity index (χ0v) is 18.6. The Morgan fingerprint density at radius 2 is 1.60 bits per heavy atom. The summed E-state index contributed by atoms with van der Waals surface area (Å²) in [4.78, 5) is 11.1. The van der Waals surface area contributed by atoms with Gasteiger partial charge in [-0.25, -0.2) is 13.4 Å². The number of anilines is 1. The quantitative estimate of drug-likeness (QED) is 0.761. The lowest BCUT2D eigenvalue weighted by Crippen LogP contribution is -2.58. The SMILES string of the molecule is CC1CC(C)CN(S(=O)(=O)c2ccc(N3C(N)=NC(N)=NC34CCCCC4)cc2)C1. The lowest BCUT2D eigenvalue weighted by Gasteiger charge is -2.45. The summed E-state index contributed by atoms with van der Waals surface area (Å²) in [6.45, 7) is 5.35. The Kier molecular flexibility index (Phi) is 5.52. The summed E-state index contributed by atoms with van der Waals surface area (Å²) in [6, 6.07) is 6.94. The topological polar surface area (TPSA) is 117 Å². The fourth-order valence-electron chi connectivity index (χ4n) is 5.21. The van der Waals surface area contributed by atoms with E-state index < -0.39 is 15.7 Å². The molecule has 3 aliphatic rings. The second-order valence-electron chi connectivity index (χ2n) is 9.08. The lowest BCUT2D eigenvalue weighted by molar-refractivity contribution is 0.222. The first-order chi connectivity index (χ1) is 14.2. The van der Waals surface area contributed by atoms with Gasteiger partial charge in [-0.1, -0.05) is 20.3 Å². The van der Waals surface area contributed by atoms with E-state index in [0.717, 1.165) is 44.2 Å². The van der Waals surface area contributed by atoms with Crippen LogP contribution in [0.4, 0.5) is 5.69 Å². The Labute approximate surface area is 179 Å². The summed E-state index contributed by atoms with van der Waals surface area (Å²) in [5, 5.41) is 0. The fraction of sp³-hybridized carbons (Fsp3) is 0.619. The van der Waals surface area contributed by atoms with Crippen molar-refractivity contribution in [1.82, 2.24) is 4.31 Å². The van der Waals surface area contributed by atoms with Gasteiger partial charge in [-0.2, -0.15) is 9.30 Å². The third-order valence-corrected chi connectivity index (χ3v) is 8.27. The van der Waals surface area contributed by atoms with Crippen LogP contribution < -0.4 is 16.4 Å². The summed E-state index contributed by atoms with van der Waals surface area (Å²) in [6.07, 6.45) is 5.98. The summed E-state index contributed by atoms with van der Waals surface area (Å²) in [5.74, 6) is 1.24. The maximum Gasteiger partial charge on any atom is 0.243 e. The molecule has 0 amide bonds. The van der Waals surface area contributed by atoms with Gasteiger partial charge in [0.05, 0.1) is 4.90 Å². The summed E-state index contributed by atoms with van der Waals surface area (Å²) in [7, 11) is -3.53. The van der Waals surface area contributed by atoms with Crippen molar-refractivity contribution in [3.05, 3.63) is 24.3 Å². The van der Waals surface area contributed by atoms with Gasteiger partial charge in [-0.05, 0) is 68.2 Å². The highest BCUT2D eigenvalue weighted by molar-refractivity contribution is 7.89. The number of hydrogen-bond acceptors (Lipinski definition) is 7. The number of guanidine groups is 2. The average molecular weight is 433 g/mol. The standard InChI is InChI=1S/C21H32N6O2S/c1-15-12-16(2)14-26(13-15)30(28,29)18-8-6-17(7-9-18)27-20(23)24-19(22)25-21(27)10-4-3-5-11-21/h6-9,15-16H,3-5,10-14H2,1-2H3,(H4,22,23,24,25). The molecule has 9 heteroatoms. The highest BCUT2D eigenvalue weighted by Gasteiger charge is 2.42. The number of sulfonamides is 1. The van der Waals surface area contributed by atoms with E-state index >= 15 is 0 Å². The monoisotopic (exact) mass is 432 g/mol. The second kappa shape index (κ2) is 7.85. The molecule has 2 heterocycles. The molecule has 0 bridgehead atoms. The average Bonchev–Trinajstić information content (AvgIpc) is 2.67. The number of rotatable bonds is 3. The van der Waals surface area contributed by atoms with Crippen molar-refractivity contribution in [2.75, 3.05) is 18.0 Å². The number of nitrogens with zero attached hydrogens (tertiary/aromatic N) is 4. The van der Waals surface area contributed by atoms with Gasteiger partial charge in [0.1, 0.15) is 5.66 Å². The molecule has 2 unspecified atom stereocenters. The number of aliphatic imine (C=N–C) groups is 2. The van der Waals surface area contributed by atoms with Crippen molar-refractivity contribution in [3.8, 4) is 0 Å². The van der Waals surface area contributed by atoms with Crippen LogP contribution in [-0.2, 0) is 10.0 Å². The van der Waals surface area contributed by atoms with Crippen LogP contribution >= 0.6 is 0 Å². The van der Waals surface area contributed by atoms with Crippen LogP contribution in [0.1, 0.15) is 52.4 Å². The first-order valence-corrected chi connectivity index (χ1v) is 12.3. The normalized spacial score (nSPS) is 27.6. The van der Waals surface area contributed by atoms with E-state index in [1.807, 2.05) is 4.90 Å². The number of piperidine rings is 1. The molecular formula is C21H32N6O2S. The van der Waals surface area contributed by atoms with Crippen LogP contribution in [-0.4, -0.2) is 43.4 Å². The Hall–Kier alpha value is -2.13. The Morgan fingerprint density at radius 3 is 2.20 bits per heavy atom. The molecule has 1 spiro atoms. The largest absolute Gasteiger partial charge is 0.369 e. The molecule has 4 rings (SSSR count). The van der Waals surface area contributed by atoms with Gasteiger partial charge in [0.15, 0.2) is 0 Å². The summed E-state index contributed by atoms with van der Waals surface area (Å²) < 4.78 is 28.0. The molecule has 164 valence electrons. The Morgan fingerprint density at radius 1 is 1.00 bits per heavy atom. The lowest BCUT2D eigenvalue weighted by atomic mass is 9.87. The molecular weight excluding hydrogens is 400 g/mol. The predicted octanol–water partition coefficient (Wildman–Crippen LogP) is 2.46. The molecule has 2 fully saturated rings.